The van der Waals surface area contributed by atoms with Crippen LogP contribution in [0.25, 0.3) is 0 Å². The SMILES string of the molecule is CC(c1ccccc1)C(CN)N1CCC(N(C)C)C1. The van der Waals surface area contributed by atoms with Crippen molar-refractivity contribution in [2.24, 2.45) is 5.73 Å². The molecule has 1 saturated heterocycles. The van der Waals surface area contributed by atoms with E-state index in [-0.39, 0.29) is 0 Å². The van der Waals surface area contributed by atoms with Crippen molar-refractivity contribution in [2.75, 3.05) is 33.7 Å². The molecule has 1 fully saturated rings. The van der Waals surface area contributed by atoms with Gasteiger partial charge in [-0.1, -0.05) is 37.3 Å². The molecule has 0 aromatic heterocycles. The van der Waals surface area contributed by atoms with Gasteiger partial charge in [0, 0.05) is 31.7 Å². The third-order valence-corrected chi connectivity index (χ3v) is 4.54. The van der Waals surface area contributed by atoms with Crippen molar-refractivity contribution >= 4 is 0 Å². The number of likely N-dealkylation sites (tertiary alicyclic amines) is 1. The first-order valence-corrected chi connectivity index (χ1v) is 7.29. The number of likely N-dealkylation sites (N-methyl/N-ethyl adjacent to an activating group) is 1. The quantitative estimate of drug-likeness (QED) is 0.876. The molecule has 3 unspecified atom stereocenters. The normalized spacial score (nSPS) is 23.7. The Morgan fingerprint density at radius 1 is 1.32 bits per heavy atom. The molecule has 2 N–H and O–H groups in total. The van der Waals surface area contributed by atoms with Gasteiger partial charge in [-0.15, -0.1) is 0 Å². The highest BCUT2D eigenvalue weighted by atomic mass is 15.3. The molecule has 3 atom stereocenters. The zero-order chi connectivity index (χ0) is 13.8. The van der Waals surface area contributed by atoms with Gasteiger partial charge >= 0.3 is 0 Å². The number of hydrogen-bond donors (Lipinski definition) is 1. The first-order chi connectivity index (χ1) is 9.13. The van der Waals surface area contributed by atoms with Crippen molar-refractivity contribution < 1.29 is 0 Å². The van der Waals surface area contributed by atoms with Gasteiger partial charge in [0.05, 0.1) is 0 Å². The lowest BCUT2D eigenvalue weighted by atomic mass is 9.92. The third-order valence-electron chi connectivity index (χ3n) is 4.54. The average Bonchev–Trinajstić information content (AvgIpc) is 2.90. The minimum absolute atomic E-state index is 0.451. The first-order valence-electron chi connectivity index (χ1n) is 7.29. The predicted octanol–water partition coefficient (Wildman–Crippen LogP) is 1.75. The summed E-state index contributed by atoms with van der Waals surface area (Å²) in [5, 5.41) is 0. The van der Waals surface area contributed by atoms with Crippen molar-refractivity contribution in [1.82, 2.24) is 9.80 Å². The van der Waals surface area contributed by atoms with Crippen LogP contribution in [-0.2, 0) is 0 Å². The fraction of sp³-hybridized carbons (Fsp3) is 0.625. The highest BCUT2D eigenvalue weighted by Crippen LogP contribution is 2.26. The van der Waals surface area contributed by atoms with Crippen molar-refractivity contribution in [1.29, 1.82) is 0 Å². The van der Waals surface area contributed by atoms with Crippen molar-refractivity contribution in [2.45, 2.75) is 31.3 Å². The van der Waals surface area contributed by atoms with Crippen LogP contribution in [0.2, 0.25) is 0 Å². The van der Waals surface area contributed by atoms with Gasteiger partial charge in [-0.05, 0) is 32.0 Å². The molecular weight excluding hydrogens is 234 g/mol. The summed E-state index contributed by atoms with van der Waals surface area (Å²) in [6.45, 7) is 5.35. The fourth-order valence-electron chi connectivity index (χ4n) is 3.14. The van der Waals surface area contributed by atoms with Crippen molar-refractivity contribution in [3.05, 3.63) is 35.9 Å². The van der Waals surface area contributed by atoms with Crippen LogP contribution >= 0.6 is 0 Å². The minimum atomic E-state index is 0.451. The topological polar surface area (TPSA) is 32.5 Å². The van der Waals surface area contributed by atoms with Crippen LogP contribution in [0.1, 0.15) is 24.8 Å². The van der Waals surface area contributed by atoms with Gasteiger partial charge in [-0.25, -0.2) is 0 Å². The molecule has 1 aliphatic heterocycles. The van der Waals surface area contributed by atoms with Crippen LogP contribution in [-0.4, -0.2) is 55.6 Å². The van der Waals surface area contributed by atoms with E-state index in [0.717, 1.165) is 13.1 Å². The van der Waals surface area contributed by atoms with Gasteiger partial charge in [0.1, 0.15) is 0 Å². The van der Waals surface area contributed by atoms with Gasteiger partial charge in [-0.3, -0.25) is 4.90 Å². The summed E-state index contributed by atoms with van der Waals surface area (Å²) < 4.78 is 0. The van der Waals surface area contributed by atoms with E-state index < -0.39 is 0 Å². The lowest BCUT2D eigenvalue weighted by Gasteiger charge is -2.32. The zero-order valence-electron chi connectivity index (χ0n) is 12.4. The highest BCUT2D eigenvalue weighted by Gasteiger charge is 2.31. The third kappa shape index (κ3) is 3.35. The molecule has 0 bridgehead atoms. The van der Waals surface area contributed by atoms with Crippen LogP contribution in [0.5, 0.6) is 0 Å². The molecule has 19 heavy (non-hydrogen) atoms. The first kappa shape index (κ1) is 14.5. The molecule has 0 spiro atoms. The summed E-state index contributed by atoms with van der Waals surface area (Å²) >= 11 is 0. The average molecular weight is 261 g/mol. The van der Waals surface area contributed by atoms with Crippen LogP contribution in [0, 0.1) is 0 Å². The zero-order valence-corrected chi connectivity index (χ0v) is 12.4. The van der Waals surface area contributed by atoms with Crippen LogP contribution in [0.15, 0.2) is 30.3 Å². The minimum Gasteiger partial charge on any atom is -0.329 e. The monoisotopic (exact) mass is 261 g/mol. The Kier molecular flexibility index (Phi) is 4.97. The second-order valence-corrected chi connectivity index (χ2v) is 5.90. The number of nitrogens with two attached hydrogens (primary N) is 1. The molecule has 106 valence electrons. The summed E-state index contributed by atoms with van der Waals surface area (Å²) in [5.41, 5.74) is 7.45. The van der Waals surface area contributed by atoms with Gasteiger partial charge in [0.25, 0.3) is 0 Å². The summed E-state index contributed by atoms with van der Waals surface area (Å²) in [6, 6.07) is 11.9. The van der Waals surface area contributed by atoms with E-state index in [2.05, 4.69) is 61.2 Å². The largest absolute Gasteiger partial charge is 0.329 e. The second-order valence-electron chi connectivity index (χ2n) is 5.90. The summed E-state index contributed by atoms with van der Waals surface area (Å²) in [4.78, 5) is 4.91. The summed E-state index contributed by atoms with van der Waals surface area (Å²) in [6.07, 6.45) is 1.25. The molecule has 0 amide bonds. The molecule has 1 aromatic rings. The molecule has 0 aliphatic carbocycles. The Morgan fingerprint density at radius 2 is 2.00 bits per heavy atom. The van der Waals surface area contributed by atoms with Crippen LogP contribution < -0.4 is 5.73 Å². The molecule has 1 aromatic carbocycles. The molecular formula is C16H27N3. The van der Waals surface area contributed by atoms with Crippen LogP contribution in [0.3, 0.4) is 0 Å². The maximum absolute atomic E-state index is 6.06. The Bertz CT molecular complexity index is 377. The summed E-state index contributed by atoms with van der Waals surface area (Å²) in [7, 11) is 4.35. The molecule has 2 rings (SSSR count). The molecule has 3 nitrogen and oxygen atoms in total. The lowest BCUT2D eigenvalue weighted by Crippen LogP contribution is -2.44. The Hall–Kier alpha value is -0.900. The van der Waals surface area contributed by atoms with E-state index in [0.29, 0.717) is 18.0 Å². The maximum atomic E-state index is 6.06. The van der Waals surface area contributed by atoms with E-state index in [4.69, 9.17) is 5.73 Å². The van der Waals surface area contributed by atoms with E-state index in [1.807, 2.05) is 0 Å². The van der Waals surface area contributed by atoms with Gasteiger partial charge in [0.2, 0.25) is 0 Å². The summed E-state index contributed by atoms with van der Waals surface area (Å²) in [5.74, 6) is 0.493. The second kappa shape index (κ2) is 6.51. The maximum Gasteiger partial charge on any atom is 0.0285 e. The number of nitrogens with zero attached hydrogens (tertiary/aromatic N) is 2. The predicted molar refractivity (Wildman–Crippen MR) is 81.4 cm³/mol. The molecule has 1 heterocycles. The van der Waals surface area contributed by atoms with E-state index >= 15 is 0 Å². The smallest absolute Gasteiger partial charge is 0.0285 e. The van der Waals surface area contributed by atoms with E-state index in [9.17, 15) is 0 Å². The van der Waals surface area contributed by atoms with Crippen molar-refractivity contribution in [3.63, 3.8) is 0 Å². The Morgan fingerprint density at radius 3 is 2.53 bits per heavy atom. The Balaban J connectivity index is 2.04. The van der Waals surface area contributed by atoms with Crippen molar-refractivity contribution in [3.8, 4) is 0 Å². The van der Waals surface area contributed by atoms with Gasteiger partial charge in [0.15, 0.2) is 0 Å². The highest BCUT2D eigenvalue weighted by molar-refractivity contribution is 5.21. The van der Waals surface area contributed by atoms with Gasteiger partial charge in [-0.2, -0.15) is 0 Å². The fourth-order valence-corrected chi connectivity index (χ4v) is 3.14. The molecule has 0 saturated carbocycles. The Labute approximate surface area is 117 Å². The number of benzene rings is 1. The van der Waals surface area contributed by atoms with Crippen LogP contribution in [0.4, 0.5) is 0 Å². The van der Waals surface area contributed by atoms with E-state index in [1.165, 1.54) is 18.5 Å². The number of hydrogen-bond acceptors (Lipinski definition) is 3. The molecule has 3 heteroatoms. The standard InChI is InChI=1S/C16H27N3/c1-13(14-7-5-4-6-8-14)16(11-17)19-10-9-15(12-19)18(2)3/h4-8,13,15-16H,9-12,17H2,1-3H3. The molecule has 1 aliphatic rings. The molecule has 0 radical (unpaired) electrons. The lowest BCUT2D eigenvalue weighted by molar-refractivity contribution is 0.199. The number of rotatable bonds is 5. The van der Waals surface area contributed by atoms with Gasteiger partial charge < -0.3 is 10.6 Å². The van der Waals surface area contributed by atoms with E-state index in [1.54, 1.807) is 0 Å².